The Morgan fingerprint density at radius 1 is 1.30 bits per heavy atom. The normalized spacial score (nSPS) is 9.70. The number of nitrogens with two attached hydrogens (primary N) is 1. The number of nitrogens with zero attached hydrogens (tertiary/aromatic N) is 2. The SMILES string of the molecule is C=C(C)COc1ccccc1-c1c(C#N)c(N)[nH]c(=O)c1C#N. The van der Waals surface area contributed by atoms with Crippen LogP contribution in [0.25, 0.3) is 11.1 Å². The second kappa shape index (κ2) is 6.50. The highest BCUT2D eigenvalue weighted by Gasteiger charge is 2.20. The molecule has 3 N–H and O–H groups in total. The van der Waals surface area contributed by atoms with Gasteiger partial charge in [0.25, 0.3) is 5.56 Å². The smallest absolute Gasteiger partial charge is 0.268 e. The van der Waals surface area contributed by atoms with E-state index >= 15 is 0 Å². The molecule has 0 radical (unpaired) electrons. The molecular weight excluding hydrogens is 292 g/mol. The van der Waals surface area contributed by atoms with Crippen molar-refractivity contribution in [2.75, 3.05) is 12.3 Å². The summed E-state index contributed by atoms with van der Waals surface area (Å²) >= 11 is 0. The quantitative estimate of drug-likeness (QED) is 0.841. The third kappa shape index (κ3) is 3.07. The van der Waals surface area contributed by atoms with E-state index in [9.17, 15) is 15.3 Å². The molecule has 0 aliphatic rings. The minimum absolute atomic E-state index is 0.0347. The topological polar surface area (TPSA) is 116 Å². The first-order valence-electron chi connectivity index (χ1n) is 6.72. The molecule has 0 unspecified atom stereocenters. The van der Waals surface area contributed by atoms with Gasteiger partial charge in [0, 0.05) is 11.1 Å². The Hall–Kier alpha value is -3.51. The lowest BCUT2D eigenvalue weighted by molar-refractivity contribution is 0.354. The van der Waals surface area contributed by atoms with Gasteiger partial charge in [0.05, 0.1) is 0 Å². The average molecular weight is 306 g/mol. The van der Waals surface area contributed by atoms with E-state index in [1.165, 1.54) is 0 Å². The van der Waals surface area contributed by atoms with Gasteiger partial charge in [0.15, 0.2) is 0 Å². The molecule has 2 rings (SSSR count). The van der Waals surface area contributed by atoms with Gasteiger partial charge in [0.2, 0.25) is 0 Å². The molecule has 0 atom stereocenters. The van der Waals surface area contributed by atoms with E-state index in [1.807, 2.05) is 19.1 Å². The molecule has 6 heteroatoms. The molecule has 0 saturated carbocycles. The van der Waals surface area contributed by atoms with Crippen molar-refractivity contribution >= 4 is 5.82 Å². The fraction of sp³-hybridized carbons (Fsp3) is 0.118. The van der Waals surface area contributed by atoms with E-state index in [-0.39, 0.29) is 29.1 Å². The Morgan fingerprint density at radius 2 is 1.96 bits per heavy atom. The molecule has 0 bridgehead atoms. The molecular formula is C17H14N4O2. The van der Waals surface area contributed by atoms with Gasteiger partial charge < -0.3 is 15.5 Å². The molecule has 0 aliphatic heterocycles. The zero-order chi connectivity index (χ0) is 17.0. The molecule has 1 aromatic carbocycles. The lowest BCUT2D eigenvalue weighted by atomic mass is 9.96. The highest BCUT2D eigenvalue weighted by molar-refractivity contribution is 5.83. The summed E-state index contributed by atoms with van der Waals surface area (Å²) in [5.74, 6) is 0.356. The number of aromatic nitrogens is 1. The molecule has 1 aromatic heterocycles. The summed E-state index contributed by atoms with van der Waals surface area (Å²) in [7, 11) is 0. The monoisotopic (exact) mass is 306 g/mol. The van der Waals surface area contributed by atoms with Crippen molar-refractivity contribution in [3.8, 4) is 29.0 Å². The molecule has 0 fully saturated rings. The van der Waals surface area contributed by atoms with Crippen LogP contribution in [0.4, 0.5) is 5.82 Å². The zero-order valence-corrected chi connectivity index (χ0v) is 12.5. The highest BCUT2D eigenvalue weighted by atomic mass is 16.5. The Morgan fingerprint density at radius 3 is 2.57 bits per heavy atom. The molecule has 0 aliphatic carbocycles. The summed E-state index contributed by atoms with van der Waals surface area (Å²) in [6.07, 6.45) is 0. The van der Waals surface area contributed by atoms with Crippen LogP contribution in [-0.4, -0.2) is 11.6 Å². The van der Waals surface area contributed by atoms with E-state index in [4.69, 9.17) is 10.5 Å². The lowest BCUT2D eigenvalue weighted by Gasteiger charge is -2.14. The largest absolute Gasteiger partial charge is 0.489 e. The number of nitrogen functional groups attached to an aromatic ring is 1. The number of benzene rings is 1. The first-order chi connectivity index (χ1) is 11.0. The van der Waals surface area contributed by atoms with Crippen molar-refractivity contribution in [1.82, 2.24) is 4.98 Å². The van der Waals surface area contributed by atoms with Crippen molar-refractivity contribution in [3.63, 3.8) is 0 Å². The minimum Gasteiger partial charge on any atom is -0.489 e. The van der Waals surface area contributed by atoms with Crippen LogP contribution in [0.2, 0.25) is 0 Å². The predicted octanol–water partition coefficient (Wildman–Crippen LogP) is 2.32. The van der Waals surface area contributed by atoms with Crippen LogP contribution >= 0.6 is 0 Å². The van der Waals surface area contributed by atoms with Crippen LogP contribution in [-0.2, 0) is 0 Å². The summed E-state index contributed by atoms with van der Waals surface area (Å²) in [5, 5.41) is 18.7. The number of nitrogens with one attached hydrogen (secondary N) is 1. The summed E-state index contributed by atoms with van der Waals surface area (Å²) in [5.41, 5.74) is 6.38. The minimum atomic E-state index is -0.645. The van der Waals surface area contributed by atoms with Crippen LogP contribution < -0.4 is 16.0 Å². The summed E-state index contributed by atoms with van der Waals surface area (Å²) in [4.78, 5) is 14.3. The van der Waals surface area contributed by atoms with Gasteiger partial charge in [-0.1, -0.05) is 24.8 Å². The third-order valence-electron chi connectivity index (χ3n) is 3.10. The molecule has 0 amide bonds. The second-order valence-electron chi connectivity index (χ2n) is 4.96. The van der Waals surface area contributed by atoms with Crippen molar-refractivity contribution < 1.29 is 4.74 Å². The maximum absolute atomic E-state index is 12.0. The zero-order valence-electron chi connectivity index (χ0n) is 12.5. The number of hydrogen-bond donors (Lipinski definition) is 2. The first-order valence-corrected chi connectivity index (χ1v) is 6.72. The van der Waals surface area contributed by atoms with Crippen LogP contribution in [0.15, 0.2) is 41.2 Å². The number of rotatable bonds is 4. The highest BCUT2D eigenvalue weighted by Crippen LogP contribution is 2.35. The van der Waals surface area contributed by atoms with Crippen LogP contribution in [0.1, 0.15) is 18.1 Å². The Bertz CT molecular complexity index is 914. The summed E-state index contributed by atoms with van der Waals surface area (Å²) in [6.45, 7) is 5.86. The maximum Gasteiger partial charge on any atom is 0.268 e. The first kappa shape index (κ1) is 15.9. The fourth-order valence-corrected chi connectivity index (χ4v) is 2.11. The molecule has 1 heterocycles. The van der Waals surface area contributed by atoms with Crippen molar-refractivity contribution in [2.24, 2.45) is 0 Å². The molecule has 114 valence electrons. The molecule has 0 saturated heterocycles. The standard InChI is InChI=1S/C17H14N4O2/c1-10(2)9-23-14-6-4-3-5-11(14)15-12(7-18)16(20)21-17(22)13(15)8-19/h3-6H,1,9H2,2H3,(H3,20,21,22). The van der Waals surface area contributed by atoms with Gasteiger partial charge in [-0.25, -0.2) is 0 Å². The Labute approximate surface area is 133 Å². The predicted molar refractivity (Wildman–Crippen MR) is 86.7 cm³/mol. The van der Waals surface area contributed by atoms with E-state index in [0.717, 1.165) is 5.57 Å². The van der Waals surface area contributed by atoms with Gasteiger partial charge in [0.1, 0.15) is 41.4 Å². The molecule has 23 heavy (non-hydrogen) atoms. The Balaban J connectivity index is 2.78. The number of anilines is 1. The number of hydrogen-bond acceptors (Lipinski definition) is 5. The molecule has 0 spiro atoms. The molecule has 2 aromatic rings. The van der Waals surface area contributed by atoms with Crippen LogP contribution in [0.3, 0.4) is 0 Å². The van der Waals surface area contributed by atoms with Crippen molar-refractivity contribution in [2.45, 2.75) is 6.92 Å². The number of para-hydroxylation sites is 1. The number of H-pyrrole nitrogens is 1. The Kier molecular flexibility index (Phi) is 4.49. The van der Waals surface area contributed by atoms with E-state index < -0.39 is 5.56 Å². The fourth-order valence-electron chi connectivity index (χ4n) is 2.11. The van der Waals surface area contributed by atoms with Crippen molar-refractivity contribution in [3.05, 3.63) is 57.9 Å². The van der Waals surface area contributed by atoms with Gasteiger partial charge in [-0.05, 0) is 18.6 Å². The summed E-state index contributed by atoms with van der Waals surface area (Å²) in [6, 6.07) is 10.6. The van der Waals surface area contributed by atoms with E-state index in [1.54, 1.807) is 24.3 Å². The maximum atomic E-state index is 12.0. The number of pyridine rings is 1. The van der Waals surface area contributed by atoms with Crippen molar-refractivity contribution in [1.29, 1.82) is 10.5 Å². The number of nitriles is 2. The van der Waals surface area contributed by atoms with Gasteiger partial charge in [-0.2, -0.15) is 10.5 Å². The van der Waals surface area contributed by atoms with E-state index in [2.05, 4.69) is 11.6 Å². The average Bonchev–Trinajstić information content (AvgIpc) is 2.52. The third-order valence-corrected chi connectivity index (χ3v) is 3.10. The van der Waals surface area contributed by atoms with Gasteiger partial charge >= 0.3 is 0 Å². The van der Waals surface area contributed by atoms with Gasteiger partial charge in [-0.3, -0.25) is 4.79 Å². The second-order valence-corrected chi connectivity index (χ2v) is 4.96. The lowest BCUT2D eigenvalue weighted by Crippen LogP contribution is -2.16. The van der Waals surface area contributed by atoms with E-state index in [0.29, 0.717) is 11.3 Å². The van der Waals surface area contributed by atoms with Crippen LogP contribution in [0, 0.1) is 22.7 Å². The number of aromatic amines is 1. The molecule has 6 nitrogen and oxygen atoms in total. The number of ether oxygens (including phenoxy) is 1. The van der Waals surface area contributed by atoms with Gasteiger partial charge in [-0.15, -0.1) is 0 Å². The summed E-state index contributed by atoms with van der Waals surface area (Å²) < 4.78 is 5.66. The van der Waals surface area contributed by atoms with Crippen LogP contribution in [0.5, 0.6) is 5.75 Å².